The molecule has 1 aliphatic rings. The molecule has 1 N–H and O–H groups in total. The zero-order chi connectivity index (χ0) is 15.5. The Kier molecular flexibility index (Phi) is 4.92. The third-order valence-electron chi connectivity index (χ3n) is 3.32. The topological polar surface area (TPSA) is 64.6 Å². The molecule has 1 aromatic carbocycles. The molecule has 1 heterocycles. The van der Waals surface area contributed by atoms with Gasteiger partial charge in [0.25, 0.3) is 10.1 Å². The number of hydrogen-bond donors (Lipinski definition) is 1. The number of rotatable bonds is 5. The fraction of sp³-hybridized carbons (Fsp3) is 0.538. The first-order valence-corrected chi connectivity index (χ1v) is 8.29. The number of ether oxygens (including phenoxy) is 1. The van der Waals surface area contributed by atoms with E-state index >= 15 is 0 Å². The van der Waals surface area contributed by atoms with Crippen molar-refractivity contribution in [2.45, 2.75) is 12.0 Å². The molecule has 0 bridgehead atoms. The molecule has 1 atom stereocenters. The molecule has 0 saturated carbocycles. The van der Waals surface area contributed by atoms with Crippen molar-refractivity contribution in [2.75, 3.05) is 32.6 Å². The molecular weight excluding hydrogens is 304 g/mol. The minimum absolute atomic E-state index is 0.0977. The van der Waals surface area contributed by atoms with Crippen LogP contribution in [0.1, 0.15) is 12.0 Å². The van der Waals surface area contributed by atoms with E-state index in [0.29, 0.717) is 25.3 Å². The van der Waals surface area contributed by atoms with E-state index in [4.69, 9.17) is 8.92 Å². The van der Waals surface area contributed by atoms with E-state index < -0.39 is 27.4 Å². The van der Waals surface area contributed by atoms with Crippen molar-refractivity contribution in [3.8, 4) is 0 Å². The predicted octanol–water partition coefficient (Wildman–Crippen LogP) is 1.15. The fourth-order valence-electron chi connectivity index (χ4n) is 2.29. The minimum atomic E-state index is -3.56. The molecule has 5 nitrogen and oxygen atoms in total. The summed E-state index contributed by atoms with van der Waals surface area (Å²) in [5, 5.41) is 3.11. The van der Waals surface area contributed by atoms with Gasteiger partial charge in [0.1, 0.15) is 5.60 Å². The second-order valence-electron chi connectivity index (χ2n) is 4.92. The lowest BCUT2D eigenvalue weighted by atomic mass is 9.89. The molecule has 0 radical (unpaired) electrons. The lowest BCUT2D eigenvalue weighted by molar-refractivity contribution is -0.0823. The van der Waals surface area contributed by atoms with E-state index in [1.165, 1.54) is 6.07 Å². The van der Waals surface area contributed by atoms with Crippen LogP contribution < -0.4 is 5.32 Å². The van der Waals surface area contributed by atoms with Crippen molar-refractivity contribution in [1.29, 1.82) is 0 Å². The molecular formula is C13H17F2NO4S. The average molecular weight is 321 g/mol. The van der Waals surface area contributed by atoms with Gasteiger partial charge >= 0.3 is 0 Å². The molecule has 21 heavy (non-hydrogen) atoms. The highest BCUT2D eigenvalue weighted by Crippen LogP contribution is 2.32. The second-order valence-corrected chi connectivity index (χ2v) is 6.57. The van der Waals surface area contributed by atoms with E-state index in [2.05, 4.69) is 5.32 Å². The van der Waals surface area contributed by atoms with Gasteiger partial charge in [0, 0.05) is 19.5 Å². The van der Waals surface area contributed by atoms with Gasteiger partial charge in [0.05, 0.1) is 19.5 Å². The first-order valence-electron chi connectivity index (χ1n) is 6.47. The van der Waals surface area contributed by atoms with Crippen LogP contribution in [0.3, 0.4) is 0 Å². The normalized spacial score (nSPS) is 23.2. The van der Waals surface area contributed by atoms with E-state index in [-0.39, 0.29) is 13.0 Å². The lowest BCUT2D eigenvalue weighted by Gasteiger charge is -2.38. The summed E-state index contributed by atoms with van der Waals surface area (Å²) in [6.07, 6.45) is 1.16. The average Bonchev–Trinajstić information content (AvgIpc) is 2.41. The van der Waals surface area contributed by atoms with Gasteiger partial charge < -0.3 is 10.1 Å². The van der Waals surface area contributed by atoms with Gasteiger partial charge in [-0.15, -0.1) is 0 Å². The maximum Gasteiger partial charge on any atom is 0.264 e. The third kappa shape index (κ3) is 4.19. The Bertz CT molecular complexity index is 600. The van der Waals surface area contributed by atoms with Gasteiger partial charge in [0.15, 0.2) is 11.6 Å². The highest BCUT2D eigenvalue weighted by atomic mass is 32.2. The van der Waals surface area contributed by atoms with Crippen molar-refractivity contribution in [3.05, 3.63) is 35.4 Å². The van der Waals surface area contributed by atoms with Gasteiger partial charge in [-0.25, -0.2) is 8.78 Å². The summed E-state index contributed by atoms with van der Waals surface area (Å²) >= 11 is 0. The lowest BCUT2D eigenvalue weighted by Crippen LogP contribution is -2.48. The van der Waals surface area contributed by atoms with Crippen LogP contribution in [0.4, 0.5) is 8.78 Å². The fourth-order valence-corrected chi connectivity index (χ4v) is 2.67. The van der Waals surface area contributed by atoms with Gasteiger partial charge in [-0.05, 0) is 17.7 Å². The van der Waals surface area contributed by atoms with E-state index in [1.807, 2.05) is 0 Å². The molecule has 0 aromatic heterocycles. The summed E-state index contributed by atoms with van der Waals surface area (Å²) in [6.45, 7) is 1.29. The summed E-state index contributed by atoms with van der Waals surface area (Å²) in [5.41, 5.74) is -0.483. The van der Waals surface area contributed by atoms with Crippen LogP contribution in [0, 0.1) is 11.6 Å². The predicted molar refractivity (Wildman–Crippen MR) is 72.3 cm³/mol. The molecule has 0 aliphatic carbocycles. The monoisotopic (exact) mass is 321 g/mol. The Balaban J connectivity index is 2.21. The molecule has 1 saturated heterocycles. The van der Waals surface area contributed by atoms with Crippen molar-refractivity contribution in [3.63, 3.8) is 0 Å². The van der Waals surface area contributed by atoms with Crippen molar-refractivity contribution in [1.82, 2.24) is 5.32 Å². The standard InChI is InChI=1S/C13H17F2NO4S/c1-21(17,18)20-6-4-13(9-16-5-7-19-13)10-2-3-11(14)12(15)8-10/h2-3,8,16H,4-7,9H2,1H3. The second kappa shape index (κ2) is 6.35. The van der Waals surface area contributed by atoms with Crippen molar-refractivity contribution in [2.24, 2.45) is 0 Å². The zero-order valence-corrected chi connectivity index (χ0v) is 12.4. The van der Waals surface area contributed by atoms with Crippen LogP contribution in [-0.2, 0) is 24.6 Å². The van der Waals surface area contributed by atoms with E-state index in [9.17, 15) is 17.2 Å². The molecule has 0 amide bonds. The number of nitrogens with one attached hydrogen (secondary N) is 1. The highest BCUT2D eigenvalue weighted by molar-refractivity contribution is 7.85. The number of benzene rings is 1. The molecule has 2 rings (SSSR count). The highest BCUT2D eigenvalue weighted by Gasteiger charge is 2.36. The number of hydrogen-bond acceptors (Lipinski definition) is 5. The maximum absolute atomic E-state index is 13.4. The Morgan fingerprint density at radius 2 is 2.14 bits per heavy atom. The first-order chi connectivity index (χ1) is 9.82. The SMILES string of the molecule is CS(=O)(=O)OCCC1(c2ccc(F)c(F)c2)CNCCO1. The van der Waals surface area contributed by atoms with Crippen LogP contribution in [-0.4, -0.2) is 41.0 Å². The summed E-state index contributed by atoms with van der Waals surface area (Å²) in [5.74, 6) is -1.91. The quantitative estimate of drug-likeness (QED) is 0.824. The van der Waals surface area contributed by atoms with Crippen LogP contribution >= 0.6 is 0 Å². The first kappa shape index (κ1) is 16.3. The molecule has 1 aliphatic heterocycles. The van der Waals surface area contributed by atoms with E-state index in [1.54, 1.807) is 0 Å². The molecule has 1 unspecified atom stereocenters. The smallest absolute Gasteiger partial charge is 0.264 e. The van der Waals surface area contributed by atoms with Crippen LogP contribution in [0.5, 0.6) is 0 Å². The third-order valence-corrected chi connectivity index (χ3v) is 3.91. The number of halogens is 2. The molecule has 1 aromatic rings. The number of morpholine rings is 1. The summed E-state index contributed by atoms with van der Waals surface area (Å²) in [4.78, 5) is 0. The van der Waals surface area contributed by atoms with Crippen LogP contribution in [0.2, 0.25) is 0 Å². The maximum atomic E-state index is 13.4. The summed E-state index contributed by atoms with van der Waals surface area (Å²) in [6, 6.07) is 3.54. The molecule has 0 spiro atoms. The van der Waals surface area contributed by atoms with Gasteiger partial charge in [-0.2, -0.15) is 8.42 Å². The Morgan fingerprint density at radius 3 is 2.71 bits per heavy atom. The van der Waals surface area contributed by atoms with Crippen LogP contribution in [0.15, 0.2) is 18.2 Å². The Hall–Kier alpha value is -1.09. The van der Waals surface area contributed by atoms with Crippen molar-refractivity contribution >= 4 is 10.1 Å². The van der Waals surface area contributed by atoms with Gasteiger partial charge in [-0.1, -0.05) is 6.07 Å². The van der Waals surface area contributed by atoms with E-state index in [0.717, 1.165) is 18.4 Å². The Labute approximate surface area is 122 Å². The zero-order valence-electron chi connectivity index (χ0n) is 11.6. The van der Waals surface area contributed by atoms with Gasteiger partial charge in [-0.3, -0.25) is 4.18 Å². The largest absolute Gasteiger partial charge is 0.368 e. The molecule has 8 heteroatoms. The molecule has 1 fully saturated rings. The minimum Gasteiger partial charge on any atom is -0.368 e. The summed E-state index contributed by atoms with van der Waals surface area (Å²) in [7, 11) is -3.56. The Morgan fingerprint density at radius 1 is 1.38 bits per heavy atom. The van der Waals surface area contributed by atoms with Gasteiger partial charge in [0.2, 0.25) is 0 Å². The summed E-state index contributed by atoms with van der Waals surface area (Å²) < 4.78 is 59.0. The molecule has 118 valence electrons. The van der Waals surface area contributed by atoms with Crippen LogP contribution in [0.25, 0.3) is 0 Å². The van der Waals surface area contributed by atoms with Crippen molar-refractivity contribution < 1.29 is 26.1 Å².